The predicted octanol–water partition coefficient (Wildman–Crippen LogP) is 3.63. The summed E-state index contributed by atoms with van der Waals surface area (Å²) < 4.78 is 10.8. The molecular formula is C16H18O3. The van der Waals surface area contributed by atoms with E-state index in [0.717, 1.165) is 17.9 Å². The van der Waals surface area contributed by atoms with Crippen molar-refractivity contribution < 1.29 is 13.9 Å². The van der Waals surface area contributed by atoms with Gasteiger partial charge in [0.25, 0.3) is 0 Å². The van der Waals surface area contributed by atoms with Gasteiger partial charge in [0, 0.05) is 17.1 Å². The number of fused-ring (bicyclic) bond motifs is 3. The molecule has 0 radical (unpaired) electrons. The molecule has 1 aromatic rings. The molecular weight excluding hydrogens is 240 g/mol. The summed E-state index contributed by atoms with van der Waals surface area (Å²) in [5.41, 5.74) is 2.44. The third-order valence-corrected chi connectivity index (χ3v) is 5.57. The van der Waals surface area contributed by atoms with Gasteiger partial charge in [0.1, 0.15) is 6.10 Å². The van der Waals surface area contributed by atoms with Crippen molar-refractivity contribution >= 4 is 5.97 Å². The highest BCUT2D eigenvalue weighted by molar-refractivity contribution is 5.85. The van der Waals surface area contributed by atoms with E-state index in [4.69, 9.17) is 9.15 Å². The number of hydrogen-bond donors (Lipinski definition) is 0. The molecule has 3 nitrogen and oxygen atoms in total. The summed E-state index contributed by atoms with van der Waals surface area (Å²) in [5.74, 6) is 0.565. The van der Waals surface area contributed by atoms with Gasteiger partial charge in [-0.1, -0.05) is 13.8 Å². The van der Waals surface area contributed by atoms with Crippen molar-refractivity contribution in [2.24, 2.45) is 16.7 Å². The summed E-state index contributed by atoms with van der Waals surface area (Å²) in [6, 6.07) is 1.91. The highest BCUT2D eigenvalue weighted by Crippen LogP contribution is 2.71. The monoisotopic (exact) mass is 258 g/mol. The Morgan fingerprint density at radius 2 is 2.16 bits per heavy atom. The Labute approximate surface area is 112 Å². The van der Waals surface area contributed by atoms with Crippen molar-refractivity contribution in [3.8, 4) is 0 Å². The first-order chi connectivity index (χ1) is 9.04. The smallest absolute Gasteiger partial charge is 0.331 e. The number of esters is 1. The highest BCUT2D eigenvalue weighted by atomic mass is 16.5. The minimum Gasteiger partial charge on any atom is -0.472 e. The van der Waals surface area contributed by atoms with Crippen LogP contribution in [0.5, 0.6) is 0 Å². The molecule has 3 heteroatoms. The van der Waals surface area contributed by atoms with Crippen molar-refractivity contribution in [2.45, 2.75) is 39.2 Å². The molecule has 4 atom stereocenters. The van der Waals surface area contributed by atoms with E-state index in [1.54, 1.807) is 18.6 Å². The molecule has 1 aliphatic heterocycles. The summed E-state index contributed by atoms with van der Waals surface area (Å²) in [7, 11) is 0. The molecule has 0 aromatic carbocycles. The maximum Gasteiger partial charge on any atom is 0.331 e. The minimum absolute atomic E-state index is 0.0699. The fraction of sp³-hybridized carbons (Fsp3) is 0.562. The van der Waals surface area contributed by atoms with E-state index in [1.807, 2.05) is 6.07 Å². The van der Waals surface area contributed by atoms with Gasteiger partial charge >= 0.3 is 5.97 Å². The highest BCUT2D eigenvalue weighted by Gasteiger charge is 2.63. The summed E-state index contributed by atoms with van der Waals surface area (Å²) in [4.78, 5) is 11.9. The van der Waals surface area contributed by atoms with Crippen LogP contribution in [0.2, 0.25) is 0 Å². The molecule has 2 aliphatic carbocycles. The van der Waals surface area contributed by atoms with Crippen LogP contribution in [0.25, 0.3) is 0 Å². The van der Waals surface area contributed by atoms with E-state index in [9.17, 15) is 4.79 Å². The number of ether oxygens (including phenoxy) is 1. The summed E-state index contributed by atoms with van der Waals surface area (Å²) >= 11 is 0. The SMILES string of the molecule is CC12C[C@@H]1CC[C@]1(C)C2=CC(=O)OC1c1ccoc1. The van der Waals surface area contributed by atoms with Crippen LogP contribution >= 0.6 is 0 Å². The number of rotatable bonds is 1. The standard InChI is InChI=1S/C16H18O3/c1-15-5-3-11-8-16(11,2)12(15)7-13(17)19-14(15)10-4-6-18-9-10/h4,6-7,9,11,14H,3,5,8H2,1-2H3/t11-,14?,15+,16?/m0/s1. The molecule has 0 amide bonds. The van der Waals surface area contributed by atoms with Gasteiger partial charge in [0.15, 0.2) is 0 Å². The van der Waals surface area contributed by atoms with Gasteiger partial charge in [-0.3, -0.25) is 0 Å². The van der Waals surface area contributed by atoms with Gasteiger partial charge < -0.3 is 9.15 Å². The quantitative estimate of drug-likeness (QED) is 0.722. The number of carbonyl (C=O) groups excluding carboxylic acids is 1. The molecule has 0 N–H and O–H groups in total. The zero-order chi connectivity index (χ0) is 13.3. The van der Waals surface area contributed by atoms with E-state index in [0.29, 0.717) is 0 Å². The molecule has 2 heterocycles. The Kier molecular flexibility index (Phi) is 1.98. The van der Waals surface area contributed by atoms with Crippen LogP contribution in [-0.2, 0) is 9.53 Å². The average Bonchev–Trinajstić information content (AvgIpc) is 2.83. The average molecular weight is 258 g/mol. The maximum absolute atomic E-state index is 11.9. The van der Waals surface area contributed by atoms with Gasteiger partial charge in [-0.25, -0.2) is 4.79 Å². The first-order valence-electron chi connectivity index (χ1n) is 6.99. The number of cyclic esters (lactones) is 1. The predicted molar refractivity (Wildman–Crippen MR) is 69.2 cm³/mol. The third-order valence-electron chi connectivity index (χ3n) is 5.57. The molecule has 2 fully saturated rings. The van der Waals surface area contributed by atoms with Crippen molar-refractivity contribution in [1.82, 2.24) is 0 Å². The van der Waals surface area contributed by atoms with E-state index < -0.39 is 0 Å². The van der Waals surface area contributed by atoms with Crippen LogP contribution < -0.4 is 0 Å². The first-order valence-corrected chi connectivity index (χ1v) is 6.99. The first kappa shape index (κ1) is 11.3. The third kappa shape index (κ3) is 1.36. The molecule has 1 aromatic heterocycles. The Hall–Kier alpha value is -1.51. The van der Waals surface area contributed by atoms with Crippen molar-refractivity contribution in [1.29, 1.82) is 0 Å². The van der Waals surface area contributed by atoms with Crippen LogP contribution in [0, 0.1) is 16.7 Å². The topological polar surface area (TPSA) is 39.4 Å². The second-order valence-corrected chi connectivity index (χ2v) is 6.71. The lowest BCUT2D eigenvalue weighted by atomic mass is 9.62. The van der Waals surface area contributed by atoms with Gasteiger partial charge in [-0.15, -0.1) is 0 Å². The van der Waals surface area contributed by atoms with Crippen molar-refractivity contribution in [3.05, 3.63) is 35.8 Å². The number of furan rings is 1. The Morgan fingerprint density at radius 1 is 1.32 bits per heavy atom. The largest absolute Gasteiger partial charge is 0.472 e. The lowest BCUT2D eigenvalue weighted by molar-refractivity contribution is -0.153. The van der Waals surface area contributed by atoms with E-state index >= 15 is 0 Å². The van der Waals surface area contributed by atoms with Crippen LogP contribution in [0.15, 0.2) is 34.7 Å². The van der Waals surface area contributed by atoms with Crippen LogP contribution in [-0.4, -0.2) is 5.97 Å². The molecule has 2 unspecified atom stereocenters. The van der Waals surface area contributed by atoms with Crippen LogP contribution in [0.4, 0.5) is 0 Å². The van der Waals surface area contributed by atoms with Gasteiger partial charge in [-0.2, -0.15) is 0 Å². The van der Waals surface area contributed by atoms with Crippen LogP contribution in [0.3, 0.4) is 0 Å². The molecule has 0 spiro atoms. The van der Waals surface area contributed by atoms with E-state index in [-0.39, 0.29) is 22.9 Å². The Bertz CT molecular complexity index is 571. The Balaban J connectivity index is 1.84. The van der Waals surface area contributed by atoms with Gasteiger partial charge in [0.05, 0.1) is 12.5 Å². The van der Waals surface area contributed by atoms with Gasteiger partial charge in [0.2, 0.25) is 0 Å². The second kappa shape index (κ2) is 3.33. The molecule has 0 saturated heterocycles. The molecule has 3 aliphatic rings. The zero-order valence-corrected chi connectivity index (χ0v) is 11.3. The number of carbonyl (C=O) groups is 1. The normalized spacial score (nSPS) is 43.9. The molecule has 100 valence electrons. The molecule has 4 rings (SSSR count). The molecule has 19 heavy (non-hydrogen) atoms. The van der Waals surface area contributed by atoms with Gasteiger partial charge in [-0.05, 0) is 42.2 Å². The Morgan fingerprint density at radius 3 is 2.89 bits per heavy atom. The van der Waals surface area contributed by atoms with Crippen molar-refractivity contribution in [2.75, 3.05) is 0 Å². The summed E-state index contributed by atoms with van der Waals surface area (Å²) in [5, 5.41) is 0. The second-order valence-electron chi connectivity index (χ2n) is 6.71. The van der Waals surface area contributed by atoms with Crippen LogP contribution in [0.1, 0.15) is 44.8 Å². The fourth-order valence-electron chi connectivity index (χ4n) is 4.32. The number of hydrogen-bond acceptors (Lipinski definition) is 3. The van der Waals surface area contributed by atoms with E-state index in [2.05, 4.69) is 13.8 Å². The fourth-order valence-corrected chi connectivity index (χ4v) is 4.32. The lowest BCUT2D eigenvalue weighted by Crippen LogP contribution is -2.40. The van der Waals surface area contributed by atoms with E-state index in [1.165, 1.54) is 18.4 Å². The summed E-state index contributed by atoms with van der Waals surface area (Å²) in [6.45, 7) is 4.54. The van der Waals surface area contributed by atoms with Crippen molar-refractivity contribution in [3.63, 3.8) is 0 Å². The molecule has 0 bridgehead atoms. The zero-order valence-electron chi connectivity index (χ0n) is 11.3. The minimum atomic E-state index is -0.201. The summed E-state index contributed by atoms with van der Waals surface area (Å²) in [6.07, 6.45) is 8.45. The lowest BCUT2D eigenvalue weighted by Gasteiger charge is -2.46. The maximum atomic E-state index is 11.9. The molecule has 2 saturated carbocycles.